The van der Waals surface area contributed by atoms with E-state index in [4.69, 9.17) is 4.74 Å². The van der Waals surface area contributed by atoms with E-state index in [0.717, 1.165) is 32.5 Å². The second kappa shape index (κ2) is 9.16. The van der Waals surface area contributed by atoms with Crippen LogP contribution in [0, 0.1) is 0 Å². The lowest BCUT2D eigenvalue weighted by atomic mass is 10.0. The first-order valence-corrected chi connectivity index (χ1v) is 11.6. The molecule has 0 saturated heterocycles. The highest BCUT2D eigenvalue weighted by atomic mass is 79.9. The van der Waals surface area contributed by atoms with Gasteiger partial charge in [-0.05, 0) is 36.6 Å². The lowest BCUT2D eigenvalue weighted by Gasteiger charge is -2.14. The summed E-state index contributed by atoms with van der Waals surface area (Å²) in [5.41, 5.74) is 2.52. The van der Waals surface area contributed by atoms with Crippen molar-refractivity contribution in [3.8, 4) is 11.1 Å². The highest BCUT2D eigenvalue weighted by Crippen LogP contribution is 2.37. The Kier molecular flexibility index (Phi) is 6.34. The van der Waals surface area contributed by atoms with E-state index in [-0.39, 0.29) is 12.2 Å². The Labute approximate surface area is 192 Å². The molecule has 0 radical (unpaired) electrons. The molecule has 4 rings (SSSR count). The van der Waals surface area contributed by atoms with Crippen molar-refractivity contribution in [1.82, 2.24) is 9.55 Å². The first kappa shape index (κ1) is 21.5. The normalized spacial score (nSPS) is 12.1. The smallest absolute Gasteiger partial charge is 0.329 e. The van der Waals surface area contributed by atoms with Crippen molar-refractivity contribution in [2.75, 3.05) is 0 Å². The average Bonchev–Trinajstić information content (AvgIpc) is 3.18. The van der Waals surface area contributed by atoms with Gasteiger partial charge in [-0.25, -0.2) is 9.78 Å². The van der Waals surface area contributed by atoms with Crippen LogP contribution in [0.15, 0.2) is 70.2 Å². The number of fused-ring (bicyclic) bond motifs is 1. The molecule has 0 aliphatic carbocycles. The summed E-state index contributed by atoms with van der Waals surface area (Å²) in [7, 11) is 0. The van der Waals surface area contributed by atoms with Crippen molar-refractivity contribution in [3.05, 3.63) is 86.2 Å². The number of halogens is 1. The van der Waals surface area contributed by atoms with Gasteiger partial charge in [-0.3, -0.25) is 9.36 Å². The number of rotatable bonds is 6. The molecule has 0 amide bonds. The SMILES string of the molecule is CCc1sc2ncn(C(C)C(=O)OCc3ccccc3)c(=O)c2c1-c1ccc(Br)cc1. The molecular formula is C24H21BrN2O3S. The summed E-state index contributed by atoms with van der Waals surface area (Å²) >= 11 is 4.98. The maximum Gasteiger partial charge on any atom is 0.329 e. The van der Waals surface area contributed by atoms with Gasteiger partial charge in [-0.2, -0.15) is 0 Å². The van der Waals surface area contributed by atoms with Gasteiger partial charge in [0.1, 0.15) is 17.5 Å². The molecule has 0 fully saturated rings. The minimum absolute atomic E-state index is 0.164. The number of carbonyl (C=O) groups is 1. The standard InChI is InChI=1S/C24H21BrN2O3S/c1-3-19-20(17-9-11-18(25)12-10-17)21-22(31-19)26-14-27(23(21)28)15(2)24(29)30-13-16-7-5-4-6-8-16/h4-12,14-15H,3,13H2,1-2H3. The predicted octanol–water partition coefficient (Wildman–Crippen LogP) is 5.75. The Morgan fingerprint density at radius 2 is 1.87 bits per heavy atom. The highest BCUT2D eigenvalue weighted by Gasteiger charge is 2.23. The molecule has 2 heterocycles. The van der Waals surface area contributed by atoms with Crippen LogP contribution < -0.4 is 5.56 Å². The molecule has 2 aromatic heterocycles. The van der Waals surface area contributed by atoms with Gasteiger partial charge in [0.25, 0.3) is 5.56 Å². The third-order valence-electron chi connectivity index (χ3n) is 5.15. The van der Waals surface area contributed by atoms with E-state index >= 15 is 0 Å². The molecule has 2 aromatic carbocycles. The zero-order chi connectivity index (χ0) is 22.0. The summed E-state index contributed by atoms with van der Waals surface area (Å²) < 4.78 is 7.77. The first-order valence-electron chi connectivity index (χ1n) is 9.98. The number of thiophene rings is 1. The van der Waals surface area contributed by atoms with E-state index in [9.17, 15) is 9.59 Å². The predicted molar refractivity (Wildman–Crippen MR) is 127 cm³/mol. The maximum absolute atomic E-state index is 13.5. The van der Waals surface area contributed by atoms with E-state index in [1.807, 2.05) is 54.6 Å². The van der Waals surface area contributed by atoms with Crippen LogP contribution in [0.25, 0.3) is 21.3 Å². The second-order valence-corrected chi connectivity index (χ2v) is 9.17. The number of hydrogen-bond acceptors (Lipinski definition) is 5. The Balaban J connectivity index is 1.71. The van der Waals surface area contributed by atoms with Gasteiger partial charge in [-0.1, -0.05) is 65.3 Å². The van der Waals surface area contributed by atoms with E-state index in [0.29, 0.717) is 10.2 Å². The van der Waals surface area contributed by atoms with Crippen LogP contribution >= 0.6 is 27.3 Å². The fourth-order valence-electron chi connectivity index (χ4n) is 3.46. The molecular weight excluding hydrogens is 476 g/mol. The Hall–Kier alpha value is -2.77. The molecule has 4 aromatic rings. The highest BCUT2D eigenvalue weighted by molar-refractivity contribution is 9.10. The molecule has 0 bridgehead atoms. The lowest BCUT2D eigenvalue weighted by Crippen LogP contribution is -2.29. The average molecular weight is 497 g/mol. The molecule has 5 nitrogen and oxygen atoms in total. The minimum atomic E-state index is -0.782. The number of esters is 1. The van der Waals surface area contributed by atoms with E-state index in [1.165, 1.54) is 22.2 Å². The van der Waals surface area contributed by atoms with Crippen molar-refractivity contribution < 1.29 is 9.53 Å². The Morgan fingerprint density at radius 1 is 1.16 bits per heavy atom. The minimum Gasteiger partial charge on any atom is -0.459 e. The van der Waals surface area contributed by atoms with Crippen LogP contribution in [-0.4, -0.2) is 15.5 Å². The Morgan fingerprint density at radius 3 is 2.55 bits per heavy atom. The summed E-state index contributed by atoms with van der Waals surface area (Å²) in [6.45, 7) is 3.89. The first-order chi connectivity index (χ1) is 15.0. The van der Waals surface area contributed by atoms with Crippen LogP contribution in [0.4, 0.5) is 0 Å². The lowest BCUT2D eigenvalue weighted by molar-refractivity contribution is -0.148. The van der Waals surface area contributed by atoms with Crippen molar-refractivity contribution >= 4 is 43.5 Å². The summed E-state index contributed by atoms with van der Waals surface area (Å²) in [5, 5.41) is 0.550. The topological polar surface area (TPSA) is 61.2 Å². The molecule has 0 aliphatic heterocycles. The molecule has 0 spiro atoms. The van der Waals surface area contributed by atoms with Crippen LogP contribution in [-0.2, 0) is 22.6 Å². The molecule has 158 valence electrons. The number of aromatic nitrogens is 2. The fourth-order valence-corrected chi connectivity index (χ4v) is 4.82. The summed E-state index contributed by atoms with van der Waals surface area (Å²) in [6, 6.07) is 16.6. The zero-order valence-electron chi connectivity index (χ0n) is 17.2. The molecule has 0 saturated carbocycles. The summed E-state index contributed by atoms with van der Waals surface area (Å²) in [4.78, 5) is 32.4. The molecule has 1 unspecified atom stereocenters. The van der Waals surface area contributed by atoms with Crippen molar-refractivity contribution in [1.29, 1.82) is 0 Å². The number of benzene rings is 2. The monoisotopic (exact) mass is 496 g/mol. The molecule has 0 aliphatic rings. The van der Waals surface area contributed by atoms with E-state index in [1.54, 1.807) is 6.92 Å². The van der Waals surface area contributed by atoms with Gasteiger partial charge in [0.2, 0.25) is 0 Å². The summed E-state index contributed by atoms with van der Waals surface area (Å²) in [5.74, 6) is -0.469. The van der Waals surface area contributed by atoms with Gasteiger partial charge >= 0.3 is 5.97 Å². The molecule has 7 heteroatoms. The van der Waals surface area contributed by atoms with Gasteiger partial charge in [0.15, 0.2) is 0 Å². The van der Waals surface area contributed by atoms with Crippen LogP contribution in [0.2, 0.25) is 0 Å². The number of hydrogen-bond donors (Lipinski definition) is 0. The van der Waals surface area contributed by atoms with E-state index in [2.05, 4.69) is 27.8 Å². The van der Waals surface area contributed by atoms with Crippen molar-refractivity contribution in [2.24, 2.45) is 0 Å². The van der Waals surface area contributed by atoms with Crippen LogP contribution in [0.5, 0.6) is 0 Å². The van der Waals surface area contributed by atoms with Crippen LogP contribution in [0.1, 0.15) is 30.3 Å². The number of nitrogens with zero attached hydrogens (tertiary/aromatic N) is 2. The second-order valence-electron chi connectivity index (χ2n) is 7.17. The number of carbonyl (C=O) groups excluding carboxylic acids is 1. The third kappa shape index (κ3) is 4.34. The number of aryl methyl sites for hydroxylation is 1. The molecule has 31 heavy (non-hydrogen) atoms. The Bertz CT molecular complexity index is 1280. The van der Waals surface area contributed by atoms with Crippen molar-refractivity contribution in [3.63, 3.8) is 0 Å². The molecule has 0 N–H and O–H groups in total. The van der Waals surface area contributed by atoms with Gasteiger partial charge in [0.05, 0.1) is 11.7 Å². The quantitative estimate of drug-likeness (QED) is 0.318. The third-order valence-corrected chi connectivity index (χ3v) is 6.92. The van der Waals surface area contributed by atoms with Gasteiger partial charge in [-0.15, -0.1) is 11.3 Å². The zero-order valence-corrected chi connectivity index (χ0v) is 19.6. The van der Waals surface area contributed by atoms with Crippen molar-refractivity contribution in [2.45, 2.75) is 32.9 Å². The molecule has 1 atom stereocenters. The van der Waals surface area contributed by atoms with E-state index < -0.39 is 12.0 Å². The number of ether oxygens (including phenoxy) is 1. The van der Waals surface area contributed by atoms with Gasteiger partial charge < -0.3 is 4.74 Å². The van der Waals surface area contributed by atoms with Gasteiger partial charge in [0, 0.05) is 14.9 Å². The van der Waals surface area contributed by atoms with Crippen LogP contribution in [0.3, 0.4) is 0 Å². The summed E-state index contributed by atoms with van der Waals surface area (Å²) in [6.07, 6.45) is 2.24. The maximum atomic E-state index is 13.5. The largest absolute Gasteiger partial charge is 0.459 e. The fraction of sp³-hybridized carbons (Fsp3) is 0.208.